The number of aliphatic carboxylic acids is 1. The first kappa shape index (κ1) is 23.1. The van der Waals surface area contributed by atoms with Crippen LogP contribution in [0.2, 0.25) is 0 Å². The molecule has 0 radical (unpaired) electrons. The molecule has 0 fully saturated rings. The molecule has 6 heteroatoms. The van der Waals surface area contributed by atoms with E-state index in [0.717, 1.165) is 22.0 Å². The summed E-state index contributed by atoms with van der Waals surface area (Å²) < 4.78 is 17.7. The molecule has 1 unspecified atom stereocenters. The van der Waals surface area contributed by atoms with Crippen molar-refractivity contribution in [2.24, 2.45) is 0 Å². The van der Waals surface area contributed by atoms with E-state index in [-0.39, 0.29) is 12.5 Å². The van der Waals surface area contributed by atoms with Crippen molar-refractivity contribution in [3.05, 3.63) is 96.2 Å². The fraction of sp³-hybridized carbons (Fsp3) is 0.214. The topological polar surface area (TPSA) is 77.9 Å². The van der Waals surface area contributed by atoms with E-state index in [9.17, 15) is 9.90 Å². The predicted octanol–water partition coefficient (Wildman–Crippen LogP) is 5.68. The van der Waals surface area contributed by atoms with Crippen molar-refractivity contribution < 1.29 is 24.1 Å². The zero-order valence-corrected chi connectivity index (χ0v) is 19.2. The second kappa shape index (κ2) is 10.7. The number of carboxylic acids is 1. The number of rotatable bonds is 10. The lowest BCUT2D eigenvalue weighted by molar-refractivity contribution is -0.145. The van der Waals surface area contributed by atoms with Gasteiger partial charge >= 0.3 is 5.97 Å². The Morgan fingerprint density at radius 3 is 2.26 bits per heavy atom. The van der Waals surface area contributed by atoms with Gasteiger partial charge in [0.1, 0.15) is 12.4 Å². The maximum atomic E-state index is 12.0. The van der Waals surface area contributed by atoms with Gasteiger partial charge in [0.15, 0.2) is 17.6 Å². The van der Waals surface area contributed by atoms with E-state index >= 15 is 0 Å². The van der Waals surface area contributed by atoms with Gasteiger partial charge < -0.3 is 19.3 Å². The van der Waals surface area contributed by atoms with Crippen LogP contribution in [0.1, 0.15) is 25.0 Å². The van der Waals surface area contributed by atoms with Crippen LogP contribution in [0.4, 0.5) is 0 Å². The average molecular weight is 458 g/mol. The van der Waals surface area contributed by atoms with E-state index in [2.05, 4.69) is 4.98 Å². The molecule has 0 aliphatic heterocycles. The first-order valence-electron chi connectivity index (χ1n) is 11.2. The highest BCUT2D eigenvalue weighted by atomic mass is 16.5. The van der Waals surface area contributed by atoms with Crippen molar-refractivity contribution >= 4 is 16.9 Å². The highest BCUT2D eigenvalue weighted by Gasteiger charge is 2.23. The molecule has 0 saturated carbocycles. The first-order chi connectivity index (χ1) is 16.5. The monoisotopic (exact) mass is 457 g/mol. The molecule has 0 saturated heterocycles. The van der Waals surface area contributed by atoms with E-state index in [1.54, 1.807) is 24.4 Å². The quantitative estimate of drug-likeness (QED) is 0.330. The van der Waals surface area contributed by atoms with E-state index in [1.807, 2.05) is 74.5 Å². The zero-order valence-electron chi connectivity index (χ0n) is 19.2. The Morgan fingerprint density at radius 2 is 1.53 bits per heavy atom. The van der Waals surface area contributed by atoms with Crippen molar-refractivity contribution in [2.45, 2.75) is 39.1 Å². The number of hydrogen-bond acceptors (Lipinski definition) is 5. The number of carbonyl (C=O) groups is 1. The number of pyridine rings is 1. The minimum absolute atomic E-state index is 0.0632. The summed E-state index contributed by atoms with van der Waals surface area (Å²) in [5, 5.41) is 10.9. The molecular weight excluding hydrogens is 430 g/mol. The number of carboxylic acid groups (broad SMARTS) is 1. The number of para-hydroxylation sites is 4. The Morgan fingerprint density at radius 1 is 0.882 bits per heavy atom. The molecule has 1 N–H and O–H groups in total. The Labute approximate surface area is 198 Å². The molecule has 4 rings (SSSR count). The number of ether oxygens (including phenoxy) is 3. The van der Waals surface area contributed by atoms with Crippen LogP contribution in [0.5, 0.6) is 17.2 Å². The molecule has 1 heterocycles. The van der Waals surface area contributed by atoms with Gasteiger partial charge in [-0.05, 0) is 49.7 Å². The molecule has 0 aliphatic carbocycles. The van der Waals surface area contributed by atoms with E-state index in [4.69, 9.17) is 14.2 Å². The predicted molar refractivity (Wildman–Crippen MR) is 130 cm³/mol. The average Bonchev–Trinajstić information content (AvgIpc) is 2.83. The number of benzene rings is 3. The molecule has 3 aromatic carbocycles. The van der Waals surface area contributed by atoms with Gasteiger partial charge in [0, 0.05) is 23.6 Å². The standard InChI is InChI=1S/C28H27NO5/c1-19(2)33-25-13-7-8-14-26(25)34-27(28(30)31)16-22-10-4-6-12-24(22)32-18-20-15-21-9-3-5-11-23(21)29-17-20/h3-15,17,19,27H,16,18H2,1-2H3,(H,30,31). The molecule has 174 valence electrons. The normalized spacial score (nSPS) is 11.9. The van der Waals surface area contributed by atoms with Crippen LogP contribution in [0.15, 0.2) is 85.1 Å². The molecule has 6 nitrogen and oxygen atoms in total. The van der Waals surface area contributed by atoms with Crippen LogP contribution in [-0.2, 0) is 17.8 Å². The third-order valence-electron chi connectivity index (χ3n) is 5.18. The van der Waals surface area contributed by atoms with Crippen LogP contribution in [0, 0.1) is 0 Å². The van der Waals surface area contributed by atoms with Crippen LogP contribution < -0.4 is 14.2 Å². The highest BCUT2D eigenvalue weighted by molar-refractivity contribution is 5.78. The van der Waals surface area contributed by atoms with Gasteiger partial charge in [0.2, 0.25) is 0 Å². The van der Waals surface area contributed by atoms with Gasteiger partial charge in [-0.3, -0.25) is 4.98 Å². The third kappa shape index (κ3) is 5.84. The summed E-state index contributed by atoms with van der Waals surface area (Å²) in [6.07, 6.45) is 0.757. The summed E-state index contributed by atoms with van der Waals surface area (Å²) in [6.45, 7) is 4.13. The minimum Gasteiger partial charge on any atom is -0.489 e. The Balaban J connectivity index is 1.50. The van der Waals surface area contributed by atoms with Gasteiger partial charge in [0.05, 0.1) is 11.6 Å². The molecule has 0 amide bonds. The lowest BCUT2D eigenvalue weighted by Crippen LogP contribution is -2.30. The van der Waals surface area contributed by atoms with Gasteiger partial charge in [-0.15, -0.1) is 0 Å². The fourth-order valence-electron chi connectivity index (χ4n) is 3.60. The van der Waals surface area contributed by atoms with Gasteiger partial charge in [-0.25, -0.2) is 4.79 Å². The summed E-state index contributed by atoms with van der Waals surface area (Å²) in [7, 11) is 0. The smallest absolute Gasteiger partial charge is 0.345 e. The molecule has 34 heavy (non-hydrogen) atoms. The van der Waals surface area contributed by atoms with E-state index in [1.165, 1.54) is 0 Å². The van der Waals surface area contributed by atoms with Crippen molar-refractivity contribution in [1.29, 1.82) is 0 Å². The fourth-order valence-corrected chi connectivity index (χ4v) is 3.60. The molecule has 0 aliphatic rings. The summed E-state index contributed by atoms with van der Waals surface area (Å²) >= 11 is 0. The highest BCUT2D eigenvalue weighted by Crippen LogP contribution is 2.30. The van der Waals surface area contributed by atoms with Crippen LogP contribution in [0.3, 0.4) is 0 Å². The largest absolute Gasteiger partial charge is 0.489 e. The van der Waals surface area contributed by atoms with Crippen molar-refractivity contribution in [1.82, 2.24) is 4.98 Å². The number of aromatic nitrogens is 1. The molecule has 1 atom stereocenters. The van der Waals surface area contributed by atoms with E-state index < -0.39 is 12.1 Å². The second-order valence-electron chi connectivity index (χ2n) is 8.19. The summed E-state index contributed by atoms with van der Waals surface area (Å²) in [6, 6.07) is 24.4. The minimum atomic E-state index is -1.11. The number of nitrogens with zero attached hydrogens (tertiary/aromatic N) is 1. The van der Waals surface area contributed by atoms with Gasteiger partial charge in [-0.2, -0.15) is 0 Å². The zero-order chi connectivity index (χ0) is 23.9. The maximum absolute atomic E-state index is 12.0. The number of fused-ring (bicyclic) bond motifs is 1. The van der Waals surface area contributed by atoms with Crippen LogP contribution in [-0.4, -0.2) is 28.3 Å². The van der Waals surface area contributed by atoms with Crippen molar-refractivity contribution in [2.75, 3.05) is 0 Å². The first-order valence-corrected chi connectivity index (χ1v) is 11.2. The lowest BCUT2D eigenvalue weighted by Gasteiger charge is -2.20. The lowest BCUT2D eigenvalue weighted by atomic mass is 10.1. The van der Waals surface area contributed by atoms with E-state index in [0.29, 0.717) is 23.9 Å². The van der Waals surface area contributed by atoms with Gasteiger partial charge in [0.25, 0.3) is 0 Å². The second-order valence-corrected chi connectivity index (χ2v) is 8.19. The van der Waals surface area contributed by atoms with Crippen LogP contribution in [0.25, 0.3) is 10.9 Å². The molecule has 4 aromatic rings. The van der Waals surface area contributed by atoms with Crippen molar-refractivity contribution in [3.63, 3.8) is 0 Å². The summed E-state index contributed by atoms with van der Waals surface area (Å²) in [5.41, 5.74) is 2.60. The maximum Gasteiger partial charge on any atom is 0.345 e. The summed E-state index contributed by atoms with van der Waals surface area (Å²) in [4.78, 5) is 16.5. The summed E-state index contributed by atoms with van der Waals surface area (Å²) in [5.74, 6) is 0.450. The molecular formula is C28H27NO5. The molecule has 1 aromatic heterocycles. The third-order valence-corrected chi connectivity index (χ3v) is 5.18. The Kier molecular flexibility index (Phi) is 7.28. The number of hydrogen-bond donors (Lipinski definition) is 1. The molecule has 0 bridgehead atoms. The Hall–Kier alpha value is -4.06. The van der Waals surface area contributed by atoms with Crippen molar-refractivity contribution in [3.8, 4) is 17.2 Å². The van der Waals surface area contributed by atoms with Gasteiger partial charge in [-0.1, -0.05) is 48.5 Å². The van der Waals surface area contributed by atoms with Crippen LogP contribution >= 0.6 is 0 Å². The molecule has 0 spiro atoms. The Bertz CT molecular complexity index is 1270. The SMILES string of the molecule is CC(C)Oc1ccccc1OC(Cc1ccccc1OCc1cnc2ccccc2c1)C(=O)O.